The van der Waals surface area contributed by atoms with Crippen molar-refractivity contribution in [2.45, 2.75) is 31.1 Å². The van der Waals surface area contributed by atoms with E-state index in [4.69, 9.17) is 4.74 Å². The van der Waals surface area contributed by atoms with Crippen LogP contribution in [0.25, 0.3) is 0 Å². The summed E-state index contributed by atoms with van der Waals surface area (Å²) in [6.45, 7) is 5.72. The first-order chi connectivity index (χ1) is 11.2. The minimum Gasteiger partial charge on any atom is -0.369 e. The smallest absolute Gasteiger partial charge is 0.224 e. The summed E-state index contributed by atoms with van der Waals surface area (Å²) < 4.78 is 30.9. The van der Waals surface area contributed by atoms with Crippen LogP contribution in [0, 0.1) is 0 Å². The van der Waals surface area contributed by atoms with Crippen molar-refractivity contribution in [3.8, 4) is 0 Å². The summed E-state index contributed by atoms with van der Waals surface area (Å²) in [6, 6.07) is 0. The number of likely N-dealkylation sites (tertiary alicyclic amines) is 1. The van der Waals surface area contributed by atoms with Crippen molar-refractivity contribution in [1.82, 2.24) is 15.1 Å². The van der Waals surface area contributed by atoms with Gasteiger partial charge in [-0.25, -0.2) is 8.42 Å². The number of sulfone groups is 1. The second kappa shape index (κ2) is 7.37. The van der Waals surface area contributed by atoms with Crippen LogP contribution in [0.2, 0.25) is 0 Å². The van der Waals surface area contributed by atoms with Crippen LogP contribution in [0.3, 0.4) is 0 Å². The highest BCUT2D eigenvalue weighted by atomic mass is 32.2. The van der Waals surface area contributed by atoms with E-state index in [0.29, 0.717) is 26.2 Å². The number of ether oxygens (including phenoxy) is 1. The molecule has 0 saturated carbocycles. The third-order valence-electron chi connectivity index (χ3n) is 4.63. The van der Waals surface area contributed by atoms with Crippen LogP contribution < -0.4 is 5.32 Å². The zero-order valence-corrected chi connectivity index (χ0v) is 15.4. The van der Waals surface area contributed by atoms with Gasteiger partial charge in [-0.1, -0.05) is 6.92 Å². The highest BCUT2D eigenvalue weighted by molar-refractivity contribution is 7.92. The molecule has 9 heteroatoms. The predicted octanol–water partition coefficient (Wildman–Crippen LogP) is -1.14. The van der Waals surface area contributed by atoms with Gasteiger partial charge in [0, 0.05) is 26.4 Å². The van der Waals surface area contributed by atoms with Gasteiger partial charge in [-0.2, -0.15) is 0 Å². The molecule has 0 bridgehead atoms. The number of carbonyl (C=O) groups excluding carboxylic acids is 2. The Bertz CT molecular complexity index is 586. The van der Waals surface area contributed by atoms with E-state index in [-0.39, 0.29) is 30.6 Å². The maximum absolute atomic E-state index is 12.5. The van der Waals surface area contributed by atoms with Gasteiger partial charge in [0.05, 0.1) is 30.7 Å². The number of nitrogens with zero attached hydrogens (tertiary/aromatic N) is 2. The summed E-state index contributed by atoms with van der Waals surface area (Å²) in [5, 5.41) is 2.07. The summed E-state index contributed by atoms with van der Waals surface area (Å²) in [6.07, 6.45) is 0.215. The fourth-order valence-corrected chi connectivity index (χ4v) is 5.05. The van der Waals surface area contributed by atoms with E-state index >= 15 is 0 Å². The fourth-order valence-electron chi connectivity index (χ4n) is 3.05. The Balaban J connectivity index is 1.84. The van der Waals surface area contributed by atoms with Crippen LogP contribution in [0.1, 0.15) is 20.3 Å². The second-order valence-electron chi connectivity index (χ2n) is 6.76. The second-order valence-corrected chi connectivity index (χ2v) is 9.04. The van der Waals surface area contributed by atoms with Gasteiger partial charge in [0.2, 0.25) is 11.8 Å². The molecule has 1 N–H and O–H groups in total. The molecule has 2 rings (SSSR count). The highest BCUT2D eigenvalue weighted by Crippen LogP contribution is 2.33. The van der Waals surface area contributed by atoms with Crippen LogP contribution in [-0.2, 0) is 24.2 Å². The summed E-state index contributed by atoms with van der Waals surface area (Å²) >= 11 is 0. The molecule has 2 amide bonds. The Morgan fingerprint density at radius 1 is 1.38 bits per heavy atom. The molecular formula is C15H27N3O5S. The van der Waals surface area contributed by atoms with Gasteiger partial charge in [-0.15, -0.1) is 0 Å². The third-order valence-corrected chi connectivity index (χ3v) is 6.86. The molecule has 0 unspecified atom stereocenters. The molecule has 2 saturated heterocycles. The molecule has 1 atom stereocenters. The van der Waals surface area contributed by atoms with E-state index in [1.54, 1.807) is 4.90 Å². The lowest BCUT2D eigenvalue weighted by Gasteiger charge is -2.52. The molecular weight excluding hydrogens is 334 g/mol. The Kier molecular flexibility index (Phi) is 5.87. The lowest BCUT2D eigenvalue weighted by atomic mass is 9.95. The Morgan fingerprint density at radius 3 is 2.58 bits per heavy atom. The molecule has 0 aliphatic carbocycles. The van der Waals surface area contributed by atoms with Gasteiger partial charge < -0.3 is 19.9 Å². The average molecular weight is 361 g/mol. The van der Waals surface area contributed by atoms with Crippen LogP contribution in [-0.4, -0.2) is 93.0 Å². The maximum atomic E-state index is 12.5. The first-order valence-electron chi connectivity index (χ1n) is 8.24. The number of hydrogen-bond acceptors (Lipinski definition) is 6. The van der Waals surface area contributed by atoms with Crippen molar-refractivity contribution in [3.05, 3.63) is 0 Å². The Hall–Kier alpha value is -1.19. The van der Waals surface area contributed by atoms with E-state index in [2.05, 4.69) is 5.32 Å². The molecule has 2 fully saturated rings. The van der Waals surface area contributed by atoms with Gasteiger partial charge in [-0.05, 0) is 13.6 Å². The number of amides is 2. The first-order valence-corrected chi connectivity index (χ1v) is 9.95. The molecule has 0 aromatic heterocycles. The van der Waals surface area contributed by atoms with Crippen LogP contribution in [0.15, 0.2) is 0 Å². The number of rotatable bonds is 6. The van der Waals surface area contributed by atoms with Crippen molar-refractivity contribution >= 4 is 21.7 Å². The molecule has 0 aromatic carbocycles. The molecule has 8 nitrogen and oxygen atoms in total. The van der Waals surface area contributed by atoms with Crippen LogP contribution in [0.5, 0.6) is 0 Å². The molecule has 1 spiro atoms. The topological polar surface area (TPSA) is 96.0 Å². The van der Waals surface area contributed by atoms with Gasteiger partial charge in [0.1, 0.15) is 5.60 Å². The van der Waals surface area contributed by atoms with Gasteiger partial charge in [0.25, 0.3) is 0 Å². The Morgan fingerprint density at radius 2 is 2.04 bits per heavy atom. The molecule has 2 heterocycles. The number of hydrogen-bond donors (Lipinski definition) is 1. The van der Waals surface area contributed by atoms with Crippen LogP contribution in [0.4, 0.5) is 0 Å². The first kappa shape index (κ1) is 19.1. The minimum atomic E-state index is -3.24. The van der Waals surface area contributed by atoms with E-state index in [1.807, 2.05) is 18.9 Å². The van der Waals surface area contributed by atoms with E-state index in [9.17, 15) is 18.0 Å². The molecule has 0 aromatic rings. The minimum absolute atomic E-state index is 0.0301. The molecule has 2 aliphatic rings. The largest absolute Gasteiger partial charge is 0.369 e. The number of carbonyl (C=O) groups is 2. The van der Waals surface area contributed by atoms with Crippen molar-refractivity contribution in [2.75, 3.05) is 52.1 Å². The summed E-state index contributed by atoms with van der Waals surface area (Å²) in [7, 11) is -1.35. The monoisotopic (exact) mass is 361 g/mol. The standard InChI is InChI=1S/C15H27N3O5S/c1-4-17(3)7-13-8-23-15(11-24(13,21)22)9-18(10-15)14(20)5-6-16-12(2)19/h13H,4-11H2,1-3H3,(H,16,19)/t13-/m0/s1. The quantitative estimate of drug-likeness (QED) is 0.642. The van der Waals surface area contributed by atoms with E-state index < -0.39 is 20.7 Å². The fraction of sp³-hybridized carbons (Fsp3) is 0.867. The number of nitrogens with one attached hydrogen (secondary N) is 1. The van der Waals surface area contributed by atoms with Gasteiger partial charge in [0.15, 0.2) is 9.84 Å². The van der Waals surface area contributed by atoms with Crippen molar-refractivity contribution in [3.63, 3.8) is 0 Å². The lowest BCUT2D eigenvalue weighted by molar-refractivity contribution is -0.165. The predicted molar refractivity (Wildman–Crippen MR) is 89.3 cm³/mol. The molecule has 24 heavy (non-hydrogen) atoms. The Labute approximate surface area is 143 Å². The van der Waals surface area contributed by atoms with Crippen LogP contribution >= 0.6 is 0 Å². The molecule has 0 radical (unpaired) electrons. The summed E-state index contributed by atoms with van der Waals surface area (Å²) in [4.78, 5) is 26.4. The van der Waals surface area contributed by atoms with Crippen molar-refractivity contribution in [2.24, 2.45) is 0 Å². The van der Waals surface area contributed by atoms with Crippen molar-refractivity contribution < 1.29 is 22.7 Å². The third kappa shape index (κ3) is 4.46. The maximum Gasteiger partial charge on any atom is 0.224 e. The average Bonchev–Trinajstić information content (AvgIpc) is 2.45. The normalized spacial score (nSPS) is 24.7. The SMILES string of the molecule is CCN(C)C[C@H]1COC2(CN(C(=O)CCNC(C)=O)C2)CS1(=O)=O. The molecule has 138 valence electrons. The summed E-state index contributed by atoms with van der Waals surface area (Å²) in [5.41, 5.74) is -0.746. The van der Waals surface area contributed by atoms with Gasteiger partial charge >= 0.3 is 0 Å². The van der Waals surface area contributed by atoms with E-state index in [0.717, 1.165) is 6.54 Å². The highest BCUT2D eigenvalue weighted by Gasteiger charge is 2.53. The van der Waals surface area contributed by atoms with E-state index in [1.165, 1.54) is 6.92 Å². The molecule has 2 aliphatic heterocycles. The zero-order valence-electron chi connectivity index (χ0n) is 14.6. The zero-order chi connectivity index (χ0) is 18.0. The van der Waals surface area contributed by atoms with Crippen molar-refractivity contribution in [1.29, 1.82) is 0 Å². The lowest BCUT2D eigenvalue weighted by Crippen LogP contribution is -2.71. The summed E-state index contributed by atoms with van der Waals surface area (Å²) in [5.74, 6) is -0.298. The van der Waals surface area contributed by atoms with Gasteiger partial charge in [-0.3, -0.25) is 9.59 Å².